The molecule has 22 heavy (non-hydrogen) atoms. The van der Waals surface area contributed by atoms with Crippen molar-refractivity contribution in [2.24, 2.45) is 0 Å². The molecule has 2 aromatic heterocycles. The summed E-state index contributed by atoms with van der Waals surface area (Å²) < 4.78 is 5.18. The van der Waals surface area contributed by atoms with Crippen LogP contribution in [0.1, 0.15) is 17.9 Å². The zero-order valence-electron chi connectivity index (χ0n) is 12.0. The van der Waals surface area contributed by atoms with E-state index in [1.54, 1.807) is 12.4 Å². The molecule has 2 N–H and O–H groups in total. The number of aromatic nitrogens is 4. The van der Waals surface area contributed by atoms with Gasteiger partial charge in [-0.05, 0) is 6.92 Å². The number of carbonyl (C=O) groups excluding carboxylic acids is 1. The molecule has 3 aromatic rings. The van der Waals surface area contributed by atoms with Crippen LogP contribution in [-0.2, 0) is 11.2 Å². The Balaban J connectivity index is 1.57. The van der Waals surface area contributed by atoms with E-state index >= 15 is 0 Å². The molecule has 0 spiro atoms. The number of anilines is 1. The third-order valence-electron chi connectivity index (χ3n) is 3.13. The minimum atomic E-state index is -0.128. The summed E-state index contributed by atoms with van der Waals surface area (Å²) in [7, 11) is 0. The Morgan fingerprint density at radius 3 is 2.86 bits per heavy atom. The molecule has 0 saturated heterocycles. The van der Waals surface area contributed by atoms with Crippen LogP contribution in [0, 0.1) is 6.92 Å². The molecular weight excluding hydrogens is 282 g/mol. The first-order valence-corrected chi connectivity index (χ1v) is 6.89. The normalized spacial score (nSPS) is 10.6. The first kappa shape index (κ1) is 14.0. The molecule has 0 aliphatic carbocycles. The molecule has 0 fully saturated rings. The fourth-order valence-electron chi connectivity index (χ4n) is 1.94. The summed E-state index contributed by atoms with van der Waals surface area (Å²) in [6.07, 6.45) is 3.81. The second-order valence-electron chi connectivity index (χ2n) is 4.91. The molecule has 3 rings (SSSR count). The molecule has 112 valence electrons. The molecule has 0 saturated carbocycles. The molecule has 0 aliphatic heterocycles. The molecule has 0 aliphatic rings. The van der Waals surface area contributed by atoms with Crippen LogP contribution in [0.25, 0.3) is 11.4 Å². The van der Waals surface area contributed by atoms with Gasteiger partial charge in [0, 0.05) is 24.6 Å². The van der Waals surface area contributed by atoms with E-state index in [-0.39, 0.29) is 12.3 Å². The number of aryl methyl sites for hydroxylation is 2. The highest BCUT2D eigenvalue weighted by molar-refractivity contribution is 5.90. The number of rotatable bonds is 5. The first-order valence-electron chi connectivity index (χ1n) is 6.89. The Morgan fingerprint density at radius 2 is 2.14 bits per heavy atom. The van der Waals surface area contributed by atoms with Gasteiger partial charge in [-0.3, -0.25) is 9.89 Å². The van der Waals surface area contributed by atoms with Crippen molar-refractivity contribution in [1.29, 1.82) is 0 Å². The topological polar surface area (TPSA) is 96.7 Å². The Bertz CT molecular complexity index is 747. The maximum absolute atomic E-state index is 11.8. The summed E-state index contributed by atoms with van der Waals surface area (Å²) in [6, 6.07) is 7.86. The largest absolute Gasteiger partial charge is 0.339 e. The first-order chi connectivity index (χ1) is 10.7. The van der Waals surface area contributed by atoms with Crippen LogP contribution in [0.2, 0.25) is 0 Å². The number of benzene rings is 1. The van der Waals surface area contributed by atoms with E-state index < -0.39 is 0 Å². The second kappa shape index (κ2) is 6.21. The van der Waals surface area contributed by atoms with Gasteiger partial charge in [-0.15, -0.1) is 0 Å². The van der Waals surface area contributed by atoms with Crippen LogP contribution >= 0.6 is 0 Å². The van der Waals surface area contributed by atoms with Gasteiger partial charge in [-0.25, -0.2) is 0 Å². The lowest BCUT2D eigenvalue weighted by atomic mass is 10.1. The second-order valence-corrected chi connectivity index (χ2v) is 4.91. The van der Waals surface area contributed by atoms with E-state index in [2.05, 4.69) is 25.7 Å². The summed E-state index contributed by atoms with van der Waals surface area (Å²) in [6.45, 7) is 2.02. The van der Waals surface area contributed by atoms with Crippen molar-refractivity contribution in [1.82, 2.24) is 20.3 Å². The molecule has 7 nitrogen and oxygen atoms in total. The van der Waals surface area contributed by atoms with Crippen molar-refractivity contribution in [3.63, 3.8) is 0 Å². The maximum atomic E-state index is 11.8. The lowest BCUT2D eigenvalue weighted by molar-refractivity contribution is -0.116. The van der Waals surface area contributed by atoms with E-state index in [4.69, 9.17) is 4.52 Å². The standard InChI is InChI=1S/C15H15N5O2/c1-10-2-4-11(5-3-10)15-19-14(22-20-15)7-6-13(21)18-12-8-16-17-9-12/h2-5,8-9H,6-7H2,1H3,(H,16,17)(H,18,21). The van der Waals surface area contributed by atoms with Crippen LogP contribution in [0.15, 0.2) is 41.2 Å². The molecule has 1 amide bonds. The van der Waals surface area contributed by atoms with Crippen LogP contribution < -0.4 is 5.32 Å². The average Bonchev–Trinajstić information content (AvgIpc) is 3.17. The lowest BCUT2D eigenvalue weighted by Gasteiger charge is -1.99. The van der Waals surface area contributed by atoms with Gasteiger partial charge in [0.2, 0.25) is 17.6 Å². The van der Waals surface area contributed by atoms with E-state index in [0.717, 1.165) is 5.56 Å². The number of H-pyrrole nitrogens is 1. The molecule has 0 unspecified atom stereocenters. The minimum absolute atomic E-state index is 0.128. The van der Waals surface area contributed by atoms with Gasteiger partial charge in [-0.2, -0.15) is 10.1 Å². The van der Waals surface area contributed by atoms with Crippen molar-refractivity contribution in [2.45, 2.75) is 19.8 Å². The van der Waals surface area contributed by atoms with E-state index in [9.17, 15) is 4.79 Å². The zero-order valence-corrected chi connectivity index (χ0v) is 12.0. The molecule has 1 aromatic carbocycles. The van der Waals surface area contributed by atoms with Crippen molar-refractivity contribution in [3.05, 3.63) is 48.1 Å². The highest BCUT2D eigenvalue weighted by atomic mass is 16.5. The lowest BCUT2D eigenvalue weighted by Crippen LogP contribution is -2.11. The van der Waals surface area contributed by atoms with E-state index in [1.807, 2.05) is 31.2 Å². The maximum Gasteiger partial charge on any atom is 0.227 e. The number of carbonyl (C=O) groups is 1. The SMILES string of the molecule is Cc1ccc(-c2noc(CCC(=O)Nc3cn[nH]c3)n2)cc1. The number of nitrogens with one attached hydrogen (secondary N) is 2. The predicted molar refractivity (Wildman–Crippen MR) is 80.0 cm³/mol. The highest BCUT2D eigenvalue weighted by Crippen LogP contribution is 2.16. The van der Waals surface area contributed by atoms with Gasteiger partial charge in [0.05, 0.1) is 11.9 Å². The zero-order chi connectivity index (χ0) is 15.4. The van der Waals surface area contributed by atoms with Crippen LogP contribution in [-0.4, -0.2) is 26.2 Å². The average molecular weight is 297 g/mol. The molecule has 2 heterocycles. The number of nitrogens with zero attached hydrogens (tertiary/aromatic N) is 3. The Labute approximate surface area is 126 Å². The number of amides is 1. The molecule has 0 radical (unpaired) electrons. The molecule has 0 atom stereocenters. The third-order valence-corrected chi connectivity index (χ3v) is 3.13. The van der Waals surface area contributed by atoms with Crippen LogP contribution in [0.3, 0.4) is 0 Å². The quantitative estimate of drug-likeness (QED) is 0.753. The van der Waals surface area contributed by atoms with Crippen molar-refractivity contribution < 1.29 is 9.32 Å². The smallest absolute Gasteiger partial charge is 0.227 e. The Kier molecular flexibility index (Phi) is 3.95. The van der Waals surface area contributed by atoms with Crippen molar-refractivity contribution in [2.75, 3.05) is 5.32 Å². The predicted octanol–water partition coefficient (Wildman–Crippen LogP) is 2.34. The highest BCUT2D eigenvalue weighted by Gasteiger charge is 2.11. The van der Waals surface area contributed by atoms with Gasteiger partial charge < -0.3 is 9.84 Å². The van der Waals surface area contributed by atoms with Gasteiger partial charge >= 0.3 is 0 Å². The summed E-state index contributed by atoms with van der Waals surface area (Å²) >= 11 is 0. The molecular formula is C15H15N5O2. The Morgan fingerprint density at radius 1 is 1.32 bits per heavy atom. The van der Waals surface area contributed by atoms with Crippen LogP contribution in [0.5, 0.6) is 0 Å². The van der Waals surface area contributed by atoms with Gasteiger partial charge in [-0.1, -0.05) is 35.0 Å². The van der Waals surface area contributed by atoms with Crippen molar-refractivity contribution in [3.8, 4) is 11.4 Å². The van der Waals surface area contributed by atoms with Gasteiger partial charge in [0.25, 0.3) is 0 Å². The fraction of sp³-hybridized carbons (Fsp3) is 0.200. The fourth-order valence-corrected chi connectivity index (χ4v) is 1.94. The van der Waals surface area contributed by atoms with Crippen LogP contribution in [0.4, 0.5) is 5.69 Å². The van der Waals surface area contributed by atoms with E-state index in [0.29, 0.717) is 23.8 Å². The van der Waals surface area contributed by atoms with Gasteiger partial charge in [0.15, 0.2) is 0 Å². The monoisotopic (exact) mass is 297 g/mol. The number of hydrogen-bond acceptors (Lipinski definition) is 5. The number of aromatic amines is 1. The summed E-state index contributed by atoms with van der Waals surface area (Å²) in [5.74, 6) is 0.847. The number of hydrogen-bond donors (Lipinski definition) is 2. The molecule has 0 bridgehead atoms. The van der Waals surface area contributed by atoms with Gasteiger partial charge in [0.1, 0.15) is 0 Å². The summed E-state index contributed by atoms with van der Waals surface area (Å²) in [5, 5.41) is 13.0. The van der Waals surface area contributed by atoms with E-state index in [1.165, 1.54) is 5.56 Å². The molecule has 7 heteroatoms. The third kappa shape index (κ3) is 3.38. The minimum Gasteiger partial charge on any atom is -0.339 e. The summed E-state index contributed by atoms with van der Waals surface area (Å²) in [4.78, 5) is 16.1. The van der Waals surface area contributed by atoms with Crippen molar-refractivity contribution >= 4 is 11.6 Å². The Hall–Kier alpha value is -2.96. The summed E-state index contributed by atoms with van der Waals surface area (Å²) in [5.41, 5.74) is 2.70.